The third-order valence-electron chi connectivity index (χ3n) is 1.54. The molecule has 0 heterocycles. The second-order valence-electron chi connectivity index (χ2n) is 4.24. The Morgan fingerprint density at radius 1 is 1.00 bits per heavy atom. The molecule has 0 aliphatic rings. The molecule has 0 saturated heterocycles. The van der Waals surface area contributed by atoms with E-state index in [1.165, 1.54) is 0 Å². The maximum Gasteiger partial charge on any atom is 0.333 e. The quantitative estimate of drug-likeness (QED) is 0.479. The SMILES string of the molecule is C=C.C=C.CC(C)OC(C)C.O=C(CC(O)C(=O)O)OCCO. The molecule has 0 amide bonds. The summed E-state index contributed by atoms with van der Waals surface area (Å²) in [5, 5.41) is 25.0. The van der Waals surface area contributed by atoms with Crippen molar-refractivity contribution >= 4 is 11.9 Å². The molecule has 7 nitrogen and oxygen atoms in total. The Labute approximate surface area is 139 Å². The van der Waals surface area contributed by atoms with Crippen LogP contribution in [0.2, 0.25) is 0 Å². The van der Waals surface area contributed by atoms with Gasteiger partial charge in [0, 0.05) is 0 Å². The Bertz CT molecular complexity index is 270. The maximum absolute atomic E-state index is 10.6. The molecule has 23 heavy (non-hydrogen) atoms. The van der Waals surface area contributed by atoms with E-state index in [1.54, 1.807) is 0 Å². The van der Waals surface area contributed by atoms with Gasteiger partial charge in [0.25, 0.3) is 0 Å². The topological polar surface area (TPSA) is 113 Å². The number of carbonyl (C=O) groups is 2. The monoisotopic (exact) mass is 336 g/mol. The normalized spacial score (nSPS) is 10.1. The Morgan fingerprint density at radius 2 is 1.39 bits per heavy atom. The second-order valence-corrected chi connectivity index (χ2v) is 4.24. The van der Waals surface area contributed by atoms with E-state index in [0.29, 0.717) is 12.2 Å². The van der Waals surface area contributed by atoms with Crippen molar-refractivity contribution in [1.29, 1.82) is 0 Å². The van der Waals surface area contributed by atoms with Crippen LogP contribution in [0.5, 0.6) is 0 Å². The molecule has 0 saturated carbocycles. The first kappa shape index (κ1) is 29.3. The first-order valence-electron chi connectivity index (χ1n) is 7.03. The molecule has 1 atom stereocenters. The van der Waals surface area contributed by atoms with Crippen molar-refractivity contribution in [2.24, 2.45) is 0 Å². The van der Waals surface area contributed by atoms with Crippen LogP contribution in [0, 0.1) is 0 Å². The van der Waals surface area contributed by atoms with Gasteiger partial charge in [0.1, 0.15) is 6.61 Å². The maximum atomic E-state index is 10.6. The average Bonchev–Trinajstić information content (AvgIpc) is 2.48. The molecule has 3 N–H and O–H groups in total. The predicted octanol–water partition coefficient (Wildman–Crippen LogP) is 1.78. The smallest absolute Gasteiger partial charge is 0.333 e. The van der Waals surface area contributed by atoms with E-state index in [9.17, 15) is 9.59 Å². The van der Waals surface area contributed by atoms with Gasteiger partial charge in [-0.1, -0.05) is 0 Å². The molecule has 0 spiro atoms. The third kappa shape index (κ3) is 33.2. The highest BCUT2D eigenvalue weighted by Gasteiger charge is 2.18. The van der Waals surface area contributed by atoms with Gasteiger partial charge in [-0.2, -0.15) is 0 Å². The lowest BCUT2D eigenvalue weighted by Crippen LogP contribution is -2.24. The first-order valence-corrected chi connectivity index (χ1v) is 7.03. The van der Waals surface area contributed by atoms with E-state index in [2.05, 4.69) is 31.1 Å². The number of rotatable bonds is 7. The van der Waals surface area contributed by atoms with Crippen LogP contribution >= 0.6 is 0 Å². The van der Waals surface area contributed by atoms with E-state index >= 15 is 0 Å². The van der Waals surface area contributed by atoms with Crippen molar-refractivity contribution < 1.29 is 34.4 Å². The zero-order chi connectivity index (χ0) is 19.4. The first-order chi connectivity index (χ1) is 10.7. The molecule has 0 rings (SSSR count). The van der Waals surface area contributed by atoms with Crippen molar-refractivity contribution in [2.45, 2.75) is 52.4 Å². The van der Waals surface area contributed by atoms with Crippen LogP contribution in [-0.2, 0) is 19.1 Å². The van der Waals surface area contributed by atoms with Crippen LogP contribution in [0.25, 0.3) is 0 Å². The Balaban J connectivity index is -0.000000140. The van der Waals surface area contributed by atoms with Gasteiger partial charge in [-0.05, 0) is 27.7 Å². The highest BCUT2D eigenvalue weighted by Crippen LogP contribution is 1.94. The van der Waals surface area contributed by atoms with Crippen molar-refractivity contribution in [3.8, 4) is 0 Å². The molecule has 1 unspecified atom stereocenters. The Morgan fingerprint density at radius 3 is 1.61 bits per heavy atom. The van der Waals surface area contributed by atoms with E-state index in [-0.39, 0.29) is 13.2 Å². The minimum Gasteiger partial charge on any atom is -0.479 e. The number of carbonyl (C=O) groups excluding carboxylic acids is 1. The highest BCUT2D eigenvalue weighted by atomic mass is 16.5. The van der Waals surface area contributed by atoms with Gasteiger partial charge >= 0.3 is 11.9 Å². The fourth-order valence-electron chi connectivity index (χ4n) is 1.01. The molecule has 0 bridgehead atoms. The summed E-state index contributed by atoms with van der Waals surface area (Å²) in [4.78, 5) is 20.6. The average molecular weight is 336 g/mol. The summed E-state index contributed by atoms with van der Waals surface area (Å²) < 4.78 is 9.55. The molecular weight excluding hydrogens is 304 g/mol. The summed E-state index contributed by atoms with van der Waals surface area (Å²) >= 11 is 0. The summed E-state index contributed by atoms with van der Waals surface area (Å²) in [6, 6.07) is 0. The summed E-state index contributed by atoms with van der Waals surface area (Å²) in [7, 11) is 0. The largest absolute Gasteiger partial charge is 0.479 e. The molecule has 0 fully saturated rings. The second kappa shape index (κ2) is 22.6. The van der Waals surface area contributed by atoms with Crippen LogP contribution in [0.4, 0.5) is 0 Å². The van der Waals surface area contributed by atoms with Crippen molar-refractivity contribution in [3.63, 3.8) is 0 Å². The lowest BCUT2D eigenvalue weighted by atomic mass is 10.2. The predicted molar refractivity (Wildman–Crippen MR) is 90.2 cm³/mol. The molecule has 0 aliphatic carbocycles. The number of carboxylic acids is 1. The standard InChI is InChI=1S/C6H10O6.C6H14O.2C2H4/c7-1-2-12-5(9)3-4(8)6(10)11;1-5(2)7-6(3)4;2*1-2/h4,7-8H,1-3H2,(H,10,11);5-6H,1-4H3;2*1-2H2. The zero-order valence-electron chi connectivity index (χ0n) is 14.7. The zero-order valence-corrected chi connectivity index (χ0v) is 14.7. The van der Waals surface area contributed by atoms with E-state index in [1.807, 2.05) is 27.7 Å². The van der Waals surface area contributed by atoms with E-state index in [0.717, 1.165) is 0 Å². The van der Waals surface area contributed by atoms with Gasteiger partial charge in [-0.25, -0.2) is 4.79 Å². The molecular formula is C16H32O7. The fourth-order valence-corrected chi connectivity index (χ4v) is 1.01. The number of aliphatic carboxylic acids is 1. The number of hydrogen-bond donors (Lipinski definition) is 3. The Hall–Kier alpha value is -1.70. The number of hydrogen-bond acceptors (Lipinski definition) is 6. The van der Waals surface area contributed by atoms with Gasteiger partial charge in [0.05, 0.1) is 25.2 Å². The molecule has 138 valence electrons. The van der Waals surface area contributed by atoms with Gasteiger partial charge in [-0.15, -0.1) is 26.3 Å². The molecule has 0 radical (unpaired) electrons. The summed E-state index contributed by atoms with van der Waals surface area (Å²) in [6.45, 7) is 19.7. The van der Waals surface area contributed by atoms with Gasteiger partial charge in [-0.3, -0.25) is 4.79 Å². The summed E-state index contributed by atoms with van der Waals surface area (Å²) in [5.74, 6) is -2.32. The number of carboxylic acid groups (broad SMARTS) is 1. The number of ether oxygens (including phenoxy) is 2. The van der Waals surface area contributed by atoms with Gasteiger partial charge < -0.3 is 24.8 Å². The summed E-state index contributed by atoms with van der Waals surface area (Å²) in [6.07, 6.45) is -1.59. The van der Waals surface area contributed by atoms with E-state index in [4.69, 9.17) is 20.1 Å². The number of aliphatic hydroxyl groups is 2. The van der Waals surface area contributed by atoms with Crippen LogP contribution in [0.15, 0.2) is 26.3 Å². The molecule has 7 heteroatoms. The number of aliphatic hydroxyl groups excluding tert-OH is 2. The lowest BCUT2D eigenvalue weighted by molar-refractivity contribution is -0.156. The van der Waals surface area contributed by atoms with Crippen LogP contribution < -0.4 is 0 Å². The third-order valence-corrected chi connectivity index (χ3v) is 1.54. The Kier molecular flexibility index (Phi) is 28.8. The number of esters is 1. The molecule has 0 aliphatic heterocycles. The van der Waals surface area contributed by atoms with Gasteiger partial charge in [0.2, 0.25) is 0 Å². The van der Waals surface area contributed by atoms with Crippen LogP contribution in [0.3, 0.4) is 0 Å². The van der Waals surface area contributed by atoms with Crippen LogP contribution in [0.1, 0.15) is 34.1 Å². The molecule has 0 aromatic carbocycles. The highest BCUT2D eigenvalue weighted by molar-refractivity contribution is 5.80. The lowest BCUT2D eigenvalue weighted by Gasteiger charge is -2.09. The van der Waals surface area contributed by atoms with E-state index < -0.39 is 24.5 Å². The minimum atomic E-state index is -1.74. The van der Waals surface area contributed by atoms with Crippen molar-refractivity contribution in [2.75, 3.05) is 13.2 Å². The van der Waals surface area contributed by atoms with Crippen molar-refractivity contribution in [1.82, 2.24) is 0 Å². The molecule has 0 aromatic heterocycles. The van der Waals surface area contributed by atoms with Gasteiger partial charge in [0.15, 0.2) is 6.10 Å². The van der Waals surface area contributed by atoms with Crippen molar-refractivity contribution in [3.05, 3.63) is 26.3 Å². The minimum absolute atomic E-state index is 0.189. The van der Waals surface area contributed by atoms with Crippen LogP contribution in [-0.4, -0.2) is 58.8 Å². The summed E-state index contributed by atoms with van der Waals surface area (Å²) in [5.41, 5.74) is 0. The fraction of sp³-hybridized carbons (Fsp3) is 0.625. The molecule has 0 aromatic rings.